The minimum Gasteiger partial charge on any atom is -0.771 e. The molecule has 0 aliphatic rings. The predicted octanol–water partition coefficient (Wildman–Crippen LogP) is 0.562. The molecule has 0 saturated carbocycles. The molecule has 5 nitrogen and oxygen atoms in total. The third-order valence-corrected chi connectivity index (χ3v) is 2.08. The third-order valence-electron chi connectivity index (χ3n) is 1.70. The molecular weight excluding hydrogens is 218 g/mol. The smallest absolute Gasteiger partial charge is 0.307 e. The van der Waals surface area contributed by atoms with Crippen molar-refractivity contribution in [2.24, 2.45) is 0 Å². The van der Waals surface area contributed by atoms with E-state index in [1.165, 1.54) is 0 Å². The van der Waals surface area contributed by atoms with Gasteiger partial charge in [-0.1, -0.05) is 12.1 Å². The van der Waals surface area contributed by atoms with E-state index in [1.54, 1.807) is 24.3 Å². The second-order valence-corrected chi connectivity index (χ2v) is 3.79. The van der Waals surface area contributed by atoms with Crippen molar-refractivity contribution >= 4 is 22.7 Å². The van der Waals surface area contributed by atoms with Gasteiger partial charge in [0.05, 0.1) is 12.3 Å². The highest BCUT2D eigenvalue weighted by molar-refractivity contribution is 7.79. The first-order chi connectivity index (χ1) is 7.08. The summed E-state index contributed by atoms with van der Waals surface area (Å²) in [6.07, 6.45) is -0.0340. The lowest BCUT2D eigenvalue weighted by molar-refractivity contribution is -0.136. The quantitative estimate of drug-likeness (QED) is 0.719. The largest absolute Gasteiger partial charge is 0.771 e. The van der Waals surface area contributed by atoms with Gasteiger partial charge in [0.2, 0.25) is 0 Å². The maximum absolute atomic E-state index is 10.4. The van der Waals surface area contributed by atoms with Gasteiger partial charge in [0, 0.05) is 5.69 Å². The van der Waals surface area contributed by atoms with Crippen LogP contribution in [0.15, 0.2) is 24.3 Å². The number of carbonyl (C=O) groups is 1. The van der Waals surface area contributed by atoms with Gasteiger partial charge < -0.3 is 15.0 Å². The number of aliphatic carboxylic acids is 1. The third kappa shape index (κ3) is 4.57. The molecule has 1 rings (SSSR count). The number of carboxylic acid groups (broad SMARTS) is 1. The molecular formula is C9H10NO4S-. The van der Waals surface area contributed by atoms with Crippen molar-refractivity contribution in [1.82, 2.24) is 0 Å². The molecule has 0 heterocycles. The first-order valence-corrected chi connectivity index (χ1v) is 5.43. The van der Waals surface area contributed by atoms with E-state index < -0.39 is 17.0 Å². The summed E-state index contributed by atoms with van der Waals surface area (Å²) in [5.74, 6) is -1.05. The number of rotatable bonds is 5. The van der Waals surface area contributed by atoms with Crippen LogP contribution in [0.3, 0.4) is 0 Å². The number of hydrogen-bond donors (Lipinski definition) is 2. The van der Waals surface area contributed by atoms with Crippen LogP contribution >= 0.6 is 0 Å². The summed E-state index contributed by atoms with van der Waals surface area (Å²) >= 11 is -2.14. The molecule has 6 heteroatoms. The van der Waals surface area contributed by atoms with Crippen molar-refractivity contribution in [2.75, 3.05) is 11.2 Å². The van der Waals surface area contributed by atoms with Gasteiger partial charge in [-0.25, -0.2) is 0 Å². The van der Waals surface area contributed by atoms with E-state index in [4.69, 9.17) is 5.11 Å². The van der Waals surface area contributed by atoms with Crippen molar-refractivity contribution in [3.05, 3.63) is 29.8 Å². The average molecular weight is 228 g/mol. The maximum atomic E-state index is 10.4. The number of hydrogen-bond acceptors (Lipinski definition) is 4. The van der Waals surface area contributed by atoms with Crippen LogP contribution in [0.25, 0.3) is 0 Å². The van der Waals surface area contributed by atoms with Crippen LogP contribution < -0.4 is 5.32 Å². The zero-order valence-electron chi connectivity index (χ0n) is 7.80. The molecule has 1 aromatic carbocycles. The van der Waals surface area contributed by atoms with Crippen LogP contribution in [0, 0.1) is 0 Å². The van der Waals surface area contributed by atoms with E-state index in [9.17, 15) is 13.6 Å². The molecule has 0 aliphatic carbocycles. The van der Waals surface area contributed by atoms with E-state index in [0.29, 0.717) is 11.3 Å². The second-order valence-electron chi connectivity index (χ2n) is 2.89. The van der Waals surface area contributed by atoms with Gasteiger partial charge in [0.1, 0.15) is 0 Å². The lowest BCUT2D eigenvalue weighted by Gasteiger charge is -2.08. The Morgan fingerprint density at radius 1 is 1.40 bits per heavy atom. The molecule has 0 amide bonds. The molecule has 1 atom stereocenters. The van der Waals surface area contributed by atoms with Crippen LogP contribution in [0.4, 0.5) is 5.69 Å². The summed E-state index contributed by atoms with van der Waals surface area (Å²) in [7, 11) is 0. The second kappa shape index (κ2) is 5.47. The summed E-state index contributed by atoms with van der Waals surface area (Å²) < 4.78 is 20.5. The zero-order chi connectivity index (χ0) is 11.3. The number of nitrogens with one attached hydrogen (secondary N) is 1. The van der Waals surface area contributed by atoms with Crippen LogP contribution in [-0.2, 0) is 22.3 Å². The monoisotopic (exact) mass is 228 g/mol. The highest BCUT2D eigenvalue weighted by atomic mass is 32.2. The summed E-state index contributed by atoms with van der Waals surface area (Å²) in [6, 6.07) is 6.57. The Labute approximate surface area is 89.4 Å². The SMILES string of the molecule is O=C(O)Cc1ccc(NCS(=O)[O-])cc1. The minimum absolute atomic E-state index is 0.0340. The van der Waals surface area contributed by atoms with Gasteiger partial charge in [-0.05, 0) is 28.8 Å². The van der Waals surface area contributed by atoms with Gasteiger partial charge in [-0.2, -0.15) is 0 Å². The Bertz CT molecular complexity index is 363. The first-order valence-electron chi connectivity index (χ1n) is 4.18. The standard InChI is InChI=1S/C9H11NO4S/c11-9(12)5-7-1-3-8(4-2-7)10-6-15(13)14/h1-4,10H,5-6H2,(H,11,12)(H,13,14)/p-1. The van der Waals surface area contributed by atoms with E-state index in [1.807, 2.05) is 0 Å². The Balaban J connectivity index is 2.56. The molecule has 0 bridgehead atoms. The number of carboxylic acids is 1. The van der Waals surface area contributed by atoms with Gasteiger partial charge in [-0.3, -0.25) is 9.00 Å². The molecule has 82 valence electrons. The minimum atomic E-state index is -2.14. The van der Waals surface area contributed by atoms with Crippen molar-refractivity contribution in [2.45, 2.75) is 6.42 Å². The van der Waals surface area contributed by atoms with E-state index in [0.717, 1.165) is 0 Å². The van der Waals surface area contributed by atoms with E-state index in [-0.39, 0.29) is 12.3 Å². The van der Waals surface area contributed by atoms with Crippen molar-refractivity contribution in [3.63, 3.8) is 0 Å². The van der Waals surface area contributed by atoms with Gasteiger partial charge in [-0.15, -0.1) is 0 Å². The Kier molecular flexibility index (Phi) is 4.26. The fourth-order valence-electron chi connectivity index (χ4n) is 1.06. The Morgan fingerprint density at radius 3 is 2.47 bits per heavy atom. The average Bonchev–Trinajstić information content (AvgIpc) is 2.16. The van der Waals surface area contributed by atoms with Crippen molar-refractivity contribution < 1.29 is 18.7 Å². The molecule has 2 N–H and O–H groups in total. The zero-order valence-corrected chi connectivity index (χ0v) is 8.62. The summed E-state index contributed by atoms with van der Waals surface area (Å²) in [5, 5.41) is 11.2. The molecule has 0 saturated heterocycles. The van der Waals surface area contributed by atoms with Crippen molar-refractivity contribution in [3.8, 4) is 0 Å². The first kappa shape index (κ1) is 11.7. The lowest BCUT2D eigenvalue weighted by atomic mass is 10.1. The topological polar surface area (TPSA) is 89.5 Å². The fourth-order valence-corrected chi connectivity index (χ4v) is 1.34. The van der Waals surface area contributed by atoms with E-state index in [2.05, 4.69) is 5.32 Å². The van der Waals surface area contributed by atoms with Gasteiger partial charge in [0.25, 0.3) is 0 Å². The maximum Gasteiger partial charge on any atom is 0.307 e. The highest BCUT2D eigenvalue weighted by Gasteiger charge is 1.99. The molecule has 15 heavy (non-hydrogen) atoms. The van der Waals surface area contributed by atoms with Crippen LogP contribution in [0.2, 0.25) is 0 Å². The van der Waals surface area contributed by atoms with Crippen LogP contribution in [-0.4, -0.2) is 25.7 Å². The molecule has 1 unspecified atom stereocenters. The Hall–Kier alpha value is -1.40. The molecule has 0 fully saturated rings. The highest BCUT2D eigenvalue weighted by Crippen LogP contribution is 2.09. The molecule has 0 spiro atoms. The van der Waals surface area contributed by atoms with E-state index >= 15 is 0 Å². The molecule has 0 aromatic heterocycles. The normalized spacial score (nSPS) is 12.1. The lowest BCUT2D eigenvalue weighted by Crippen LogP contribution is -2.07. The fraction of sp³-hybridized carbons (Fsp3) is 0.222. The van der Waals surface area contributed by atoms with Crippen LogP contribution in [0.5, 0.6) is 0 Å². The number of benzene rings is 1. The predicted molar refractivity (Wildman–Crippen MR) is 55.2 cm³/mol. The molecule has 0 aliphatic heterocycles. The van der Waals surface area contributed by atoms with Crippen LogP contribution in [0.1, 0.15) is 5.56 Å². The Morgan fingerprint density at radius 2 is 2.00 bits per heavy atom. The summed E-state index contributed by atoms with van der Waals surface area (Å²) in [4.78, 5) is 10.4. The molecule has 0 radical (unpaired) electrons. The molecule has 1 aromatic rings. The summed E-state index contributed by atoms with van der Waals surface area (Å²) in [5.41, 5.74) is 1.32. The van der Waals surface area contributed by atoms with Gasteiger partial charge >= 0.3 is 5.97 Å². The number of anilines is 1. The van der Waals surface area contributed by atoms with Gasteiger partial charge in [0.15, 0.2) is 0 Å². The van der Waals surface area contributed by atoms with Crippen molar-refractivity contribution in [1.29, 1.82) is 0 Å². The summed E-state index contributed by atoms with van der Waals surface area (Å²) in [6.45, 7) is 0.